The number of piperazine rings is 1. The van der Waals surface area contributed by atoms with Gasteiger partial charge in [-0.25, -0.2) is 4.79 Å². The van der Waals surface area contributed by atoms with Crippen LogP contribution in [0.4, 0.5) is 23.7 Å². The summed E-state index contributed by atoms with van der Waals surface area (Å²) in [5, 5.41) is 17.7. The number of ether oxygens (including phenoxy) is 1. The summed E-state index contributed by atoms with van der Waals surface area (Å²) in [5.74, 6) is -2.09. The van der Waals surface area contributed by atoms with Gasteiger partial charge in [-0.05, 0) is 72.4 Å². The van der Waals surface area contributed by atoms with Crippen LogP contribution in [-0.4, -0.2) is 80.7 Å². The molecule has 39 heavy (non-hydrogen) atoms. The van der Waals surface area contributed by atoms with E-state index >= 15 is 0 Å². The largest absolute Gasteiger partial charge is 0.471 e. The van der Waals surface area contributed by atoms with Crippen molar-refractivity contribution in [3.05, 3.63) is 23.9 Å². The van der Waals surface area contributed by atoms with E-state index in [1.807, 2.05) is 30.8 Å². The minimum absolute atomic E-state index is 0.0916. The number of rotatable bonds is 4. The van der Waals surface area contributed by atoms with E-state index in [9.17, 15) is 27.9 Å². The maximum absolute atomic E-state index is 12.9. The summed E-state index contributed by atoms with van der Waals surface area (Å²) in [4.78, 5) is 28.1. The molecule has 1 aliphatic carbocycles. The van der Waals surface area contributed by atoms with Crippen LogP contribution in [0.2, 0.25) is 0 Å². The quantitative estimate of drug-likeness (QED) is 0.564. The van der Waals surface area contributed by atoms with Gasteiger partial charge in [0.25, 0.3) is 0 Å². The summed E-state index contributed by atoms with van der Waals surface area (Å²) < 4.78 is 46.0. The van der Waals surface area contributed by atoms with Crippen molar-refractivity contribution >= 4 is 28.6 Å². The molecule has 2 aliphatic rings. The number of carbonyl (C=O) groups is 2. The maximum Gasteiger partial charge on any atom is 0.471 e. The Morgan fingerprint density at radius 2 is 1.56 bits per heavy atom. The van der Waals surface area contributed by atoms with Crippen molar-refractivity contribution in [1.82, 2.24) is 19.6 Å². The molecule has 1 aliphatic heterocycles. The molecular weight excluding hydrogens is 515 g/mol. The first kappa shape index (κ1) is 29.1. The molecule has 1 saturated carbocycles. The molecule has 0 spiro atoms. The van der Waals surface area contributed by atoms with Crippen molar-refractivity contribution in [2.24, 2.45) is 0 Å². The molecule has 0 radical (unpaired) electrons. The van der Waals surface area contributed by atoms with Crippen LogP contribution in [0.3, 0.4) is 0 Å². The standard InChI is InChI=1S/C27H38F3N5O4/c1-25(2,3)39-24(37)34-12-10-33(11-13-34)18-6-8-19(9-7-18)35-16-17-14-22(31-23(36)27(28,29)30)20(26(4,5)38)15-21(17)32-35/h14-16,18-19,38H,6-13H2,1-5H3,(H,31,36). The fourth-order valence-electron chi connectivity index (χ4n) is 5.36. The van der Waals surface area contributed by atoms with E-state index in [2.05, 4.69) is 10.00 Å². The molecule has 2 aromatic rings. The van der Waals surface area contributed by atoms with Gasteiger partial charge in [-0.2, -0.15) is 18.3 Å². The number of aromatic nitrogens is 2. The number of fused-ring (bicyclic) bond motifs is 1. The lowest BCUT2D eigenvalue weighted by Gasteiger charge is -2.42. The van der Waals surface area contributed by atoms with E-state index < -0.39 is 23.3 Å². The predicted octanol–water partition coefficient (Wildman–Crippen LogP) is 4.80. The van der Waals surface area contributed by atoms with Crippen LogP contribution in [0.1, 0.15) is 71.9 Å². The molecule has 1 aromatic carbocycles. The average Bonchev–Trinajstić information content (AvgIpc) is 3.24. The molecule has 4 rings (SSSR count). The second-order valence-electron chi connectivity index (χ2n) is 12.0. The Bertz CT molecular complexity index is 1200. The highest BCUT2D eigenvalue weighted by atomic mass is 19.4. The third-order valence-electron chi connectivity index (χ3n) is 7.35. The van der Waals surface area contributed by atoms with Gasteiger partial charge < -0.3 is 20.1 Å². The first-order valence-corrected chi connectivity index (χ1v) is 13.4. The Kier molecular flexibility index (Phi) is 7.92. The highest BCUT2D eigenvalue weighted by Crippen LogP contribution is 2.36. The van der Waals surface area contributed by atoms with E-state index in [4.69, 9.17) is 4.74 Å². The molecule has 2 amide bonds. The van der Waals surface area contributed by atoms with E-state index in [1.165, 1.54) is 26.0 Å². The third kappa shape index (κ3) is 7.02. The Hall–Kier alpha value is -2.86. The average molecular weight is 554 g/mol. The molecule has 0 bridgehead atoms. The number of nitrogens with one attached hydrogen (secondary N) is 1. The Balaban J connectivity index is 1.40. The second-order valence-corrected chi connectivity index (χ2v) is 12.0. The van der Waals surface area contributed by atoms with E-state index in [0.29, 0.717) is 30.0 Å². The van der Waals surface area contributed by atoms with E-state index in [-0.39, 0.29) is 23.4 Å². The summed E-state index contributed by atoms with van der Waals surface area (Å²) in [7, 11) is 0. The molecule has 0 unspecified atom stereocenters. The van der Waals surface area contributed by atoms with Gasteiger partial charge in [0.1, 0.15) is 5.60 Å². The van der Waals surface area contributed by atoms with Crippen molar-refractivity contribution in [1.29, 1.82) is 0 Å². The smallest absolute Gasteiger partial charge is 0.444 e. The van der Waals surface area contributed by atoms with Gasteiger partial charge in [-0.1, -0.05) is 0 Å². The summed E-state index contributed by atoms with van der Waals surface area (Å²) in [6.45, 7) is 11.3. The predicted molar refractivity (Wildman–Crippen MR) is 140 cm³/mol. The number of hydrogen-bond acceptors (Lipinski definition) is 6. The number of benzene rings is 1. The minimum atomic E-state index is -5.04. The first-order chi connectivity index (χ1) is 18.0. The second kappa shape index (κ2) is 10.6. The maximum atomic E-state index is 12.9. The van der Waals surface area contributed by atoms with Crippen LogP contribution in [0.15, 0.2) is 18.3 Å². The molecule has 216 valence electrons. The first-order valence-electron chi connectivity index (χ1n) is 13.4. The number of anilines is 1. The summed E-state index contributed by atoms with van der Waals surface area (Å²) >= 11 is 0. The third-order valence-corrected chi connectivity index (χ3v) is 7.35. The van der Waals surface area contributed by atoms with Crippen molar-refractivity contribution in [2.75, 3.05) is 31.5 Å². The molecule has 1 saturated heterocycles. The number of nitrogens with zero attached hydrogens (tertiary/aromatic N) is 4. The van der Waals surface area contributed by atoms with Gasteiger partial charge in [-0.15, -0.1) is 0 Å². The molecule has 1 aromatic heterocycles. The number of hydrogen-bond donors (Lipinski definition) is 2. The van der Waals surface area contributed by atoms with E-state index in [0.717, 1.165) is 38.8 Å². The number of amides is 2. The molecule has 2 N–H and O–H groups in total. The molecule has 9 nitrogen and oxygen atoms in total. The SMILES string of the molecule is CC(C)(C)OC(=O)N1CCN(C2CCC(n3cc4cc(NC(=O)C(F)(F)F)c(C(C)(C)O)cc4n3)CC2)CC1. The van der Waals surface area contributed by atoms with Crippen LogP contribution in [-0.2, 0) is 15.1 Å². The molecular formula is C27H38F3N5O4. The normalized spacial score (nSPS) is 21.7. The van der Waals surface area contributed by atoms with Crippen LogP contribution in [0.5, 0.6) is 0 Å². The summed E-state index contributed by atoms with van der Waals surface area (Å²) in [5.41, 5.74) is -1.40. The Morgan fingerprint density at radius 3 is 2.10 bits per heavy atom. The number of aliphatic hydroxyl groups is 1. The van der Waals surface area contributed by atoms with Gasteiger partial charge >= 0.3 is 18.2 Å². The monoisotopic (exact) mass is 553 g/mol. The fourth-order valence-corrected chi connectivity index (χ4v) is 5.36. The van der Waals surface area contributed by atoms with Crippen LogP contribution >= 0.6 is 0 Å². The minimum Gasteiger partial charge on any atom is -0.444 e. The highest BCUT2D eigenvalue weighted by Gasteiger charge is 2.40. The van der Waals surface area contributed by atoms with Crippen LogP contribution < -0.4 is 5.32 Å². The molecule has 2 heterocycles. The van der Waals surface area contributed by atoms with Crippen molar-refractivity contribution in [3.63, 3.8) is 0 Å². The number of alkyl halides is 3. The van der Waals surface area contributed by atoms with Gasteiger partial charge in [0.05, 0.1) is 17.2 Å². The van der Waals surface area contributed by atoms with Crippen molar-refractivity contribution < 1.29 is 32.6 Å². The van der Waals surface area contributed by atoms with Gasteiger partial charge in [0, 0.05) is 55.1 Å². The van der Waals surface area contributed by atoms with Crippen LogP contribution in [0, 0.1) is 0 Å². The zero-order valence-corrected chi connectivity index (χ0v) is 23.1. The molecule has 2 fully saturated rings. The van der Waals surface area contributed by atoms with Crippen molar-refractivity contribution in [2.45, 2.75) is 89.8 Å². The van der Waals surface area contributed by atoms with Gasteiger partial charge in [0.15, 0.2) is 0 Å². The number of carbonyl (C=O) groups excluding carboxylic acids is 2. The van der Waals surface area contributed by atoms with Crippen molar-refractivity contribution in [3.8, 4) is 0 Å². The summed E-state index contributed by atoms with van der Waals surface area (Å²) in [6, 6.07) is 3.52. The van der Waals surface area contributed by atoms with Gasteiger partial charge in [0.2, 0.25) is 0 Å². The summed E-state index contributed by atoms with van der Waals surface area (Å²) in [6.07, 6.45) is 0.186. The zero-order chi connectivity index (χ0) is 28.8. The van der Waals surface area contributed by atoms with E-state index in [1.54, 1.807) is 11.1 Å². The lowest BCUT2D eigenvalue weighted by atomic mass is 9.90. The molecule has 12 heteroatoms. The fraction of sp³-hybridized carbons (Fsp3) is 0.667. The van der Waals surface area contributed by atoms with Crippen LogP contribution in [0.25, 0.3) is 10.9 Å². The zero-order valence-electron chi connectivity index (χ0n) is 23.1. The Labute approximate surface area is 226 Å². The van der Waals surface area contributed by atoms with Gasteiger partial charge in [-0.3, -0.25) is 14.4 Å². The Morgan fingerprint density at radius 1 is 0.974 bits per heavy atom. The lowest BCUT2D eigenvalue weighted by molar-refractivity contribution is -0.167. The highest BCUT2D eigenvalue weighted by molar-refractivity contribution is 5.98. The lowest BCUT2D eigenvalue weighted by Crippen LogP contribution is -2.53. The molecule has 0 atom stereocenters. The number of halogens is 3. The topological polar surface area (TPSA) is 99.9 Å².